The fourth-order valence-corrected chi connectivity index (χ4v) is 7.77. The molecule has 3 fully saturated rings. The predicted molar refractivity (Wildman–Crippen MR) is 167 cm³/mol. The molecule has 8 nitrogen and oxygen atoms in total. The molecule has 0 bridgehead atoms. The molecule has 2 aliphatic heterocycles. The standard InChI is InChI=1S/C34H43ClN4O4/c1-21-27(11-8-24(20-36)28(21)35)43-32-33(2,3)31(34(32,4)5)37-29(41)22-6-9-25(10-7-22)38-16-12-23(13-17-38)30(42)39-18-14-26(40)15-19-39/h6-11,23,26,31-32,40H,12-19H2,1-5H3,(H,37,41). The minimum Gasteiger partial charge on any atom is -0.489 e. The lowest BCUT2D eigenvalue weighted by atomic mass is 9.49. The van der Waals surface area contributed by atoms with E-state index in [4.69, 9.17) is 16.3 Å². The quantitative estimate of drug-likeness (QED) is 0.460. The van der Waals surface area contributed by atoms with Crippen LogP contribution in [-0.4, -0.2) is 66.2 Å². The molecule has 1 saturated carbocycles. The zero-order valence-electron chi connectivity index (χ0n) is 25.8. The van der Waals surface area contributed by atoms with Crippen molar-refractivity contribution < 1.29 is 19.4 Å². The molecule has 2 N–H and O–H groups in total. The van der Waals surface area contributed by atoms with Crippen molar-refractivity contribution in [1.82, 2.24) is 10.2 Å². The van der Waals surface area contributed by atoms with Gasteiger partial charge in [0.25, 0.3) is 5.91 Å². The zero-order chi connectivity index (χ0) is 31.1. The summed E-state index contributed by atoms with van der Waals surface area (Å²) in [7, 11) is 0. The van der Waals surface area contributed by atoms with Gasteiger partial charge in [0.2, 0.25) is 5.91 Å². The number of aliphatic hydroxyl groups is 1. The number of rotatable bonds is 6. The van der Waals surface area contributed by atoms with Crippen LogP contribution in [0.25, 0.3) is 0 Å². The molecule has 230 valence electrons. The normalized spacial score (nSPS) is 23.7. The second kappa shape index (κ2) is 12.0. The molecule has 2 amide bonds. The van der Waals surface area contributed by atoms with E-state index in [0.717, 1.165) is 37.2 Å². The fraction of sp³-hybridized carbons (Fsp3) is 0.559. The molecule has 0 atom stereocenters. The van der Waals surface area contributed by atoms with Gasteiger partial charge in [0, 0.05) is 65.8 Å². The van der Waals surface area contributed by atoms with E-state index in [1.165, 1.54) is 0 Å². The third-order valence-corrected chi connectivity index (χ3v) is 10.4. The molecule has 0 radical (unpaired) electrons. The largest absolute Gasteiger partial charge is 0.489 e. The number of halogens is 1. The molecular formula is C34H43ClN4O4. The average molecular weight is 607 g/mol. The zero-order valence-corrected chi connectivity index (χ0v) is 26.6. The fourth-order valence-electron chi connectivity index (χ4n) is 7.58. The highest BCUT2D eigenvalue weighted by atomic mass is 35.5. The van der Waals surface area contributed by atoms with Crippen molar-refractivity contribution in [3.63, 3.8) is 0 Å². The van der Waals surface area contributed by atoms with Crippen LogP contribution in [0, 0.1) is 35.0 Å². The number of anilines is 1. The van der Waals surface area contributed by atoms with Gasteiger partial charge < -0.3 is 25.0 Å². The Balaban J connectivity index is 1.17. The number of carbonyl (C=O) groups excluding carboxylic acids is 2. The van der Waals surface area contributed by atoms with Crippen molar-refractivity contribution in [2.75, 3.05) is 31.1 Å². The topological polar surface area (TPSA) is 106 Å². The van der Waals surface area contributed by atoms with Crippen LogP contribution < -0.4 is 15.0 Å². The van der Waals surface area contributed by atoms with Gasteiger partial charge in [-0.25, -0.2) is 0 Å². The summed E-state index contributed by atoms with van der Waals surface area (Å²) in [6, 6.07) is 13.2. The van der Waals surface area contributed by atoms with Gasteiger partial charge in [0.05, 0.1) is 16.7 Å². The number of nitrogens with one attached hydrogen (secondary N) is 1. The molecule has 2 saturated heterocycles. The molecule has 1 aliphatic carbocycles. The van der Waals surface area contributed by atoms with Crippen LogP contribution in [0.3, 0.4) is 0 Å². The Kier molecular flexibility index (Phi) is 8.70. The van der Waals surface area contributed by atoms with Gasteiger partial charge in [-0.2, -0.15) is 5.26 Å². The Bertz CT molecular complexity index is 1380. The lowest BCUT2D eigenvalue weighted by molar-refractivity contribution is -0.164. The molecule has 0 spiro atoms. The number of nitrogens with zero attached hydrogens (tertiary/aromatic N) is 3. The minimum atomic E-state index is -0.346. The number of benzene rings is 2. The first-order valence-electron chi connectivity index (χ1n) is 15.3. The first-order valence-corrected chi connectivity index (χ1v) is 15.7. The molecule has 2 heterocycles. The van der Waals surface area contributed by atoms with Gasteiger partial charge >= 0.3 is 0 Å². The summed E-state index contributed by atoms with van der Waals surface area (Å²) in [4.78, 5) is 30.5. The van der Waals surface area contributed by atoms with E-state index in [0.29, 0.717) is 47.8 Å². The highest BCUT2D eigenvalue weighted by Crippen LogP contribution is 2.56. The summed E-state index contributed by atoms with van der Waals surface area (Å²) in [5.74, 6) is 0.792. The van der Waals surface area contributed by atoms with Gasteiger partial charge in [0.1, 0.15) is 17.9 Å². The van der Waals surface area contributed by atoms with E-state index in [2.05, 4.69) is 44.0 Å². The van der Waals surface area contributed by atoms with Crippen LogP contribution in [0.4, 0.5) is 5.69 Å². The first-order chi connectivity index (χ1) is 20.3. The number of amides is 2. The first kappa shape index (κ1) is 31.2. The van der Waals surface area contributed by atoms with Crippen LogP contribution in [0.1, 0.15) is 74.9 Å². The Hall–Kier alpha value is -3.28. The monoisotopic (exact) mass is 606 g/mol. The summed E-state index contributed by atoms with van der Waals surface area (Å²) in [6.07, 6.45) is 2.50. The Morgan fingerprint density at radius 2 is 1.58 bits per heavy atom. The average Bonchev–Trinajstić information content (AvgIpc) is 3.00. The van der Waals surface area contributed by atoms with Crippen molar-refractivity contribution in [2.24, 2.45) is 16.7 Å². The summed E-state index contributed by atoms with van der Waals surface area (Å²) in [6.45, 7) is 13.1. The second-order valence-corrected chi connectivity index (χ2v) is 14.0. The van der Waals surface area contributed by atoms with Crippen LogP contribution in [0.15, 0.2) is 36.4 Å². The third kappa shape index (κ3) is 5.94. The van der Waals surface area contributed by atoms with Crippen LogP contribution in [-0.2, 0) is 4.79 Å². The van der Waals surface area contributed by atoms with Crippen molar-refractivity contribution in [2.45, 2.75) is 78.6 Å². The minimum absolute atomic E-state index is 0.0383. The van der Waals surface area contributed by atoms with Gasteiger partial charge in [0.15, 0.2) is 0 Å². The predicted octanol–water partition coefficient (Wildman–Crippen LogP) is 5.33. The maximum absolute atomic E-state index is 13.4. The van der Waals surface area contributed by atoms with Gasteiger partial charge in [-0.05, 0) is 69.0 Å². The number of likely N-dealkylation sites (tertiary alicyclic amines) is 1. The molecule has 0 unspecified atom stereocenters. The van der Waals surface area contributed by atoms with E-state index in [1.54, 1.807) is 12.1 Å². The summed E-state index contributed by atoms with van der Waals surface area (Å²) in [5.41, 5.74) is 2.12. The highest BCUT2D eigenvalue weighted by molar-refractivity contribution is 6.32. The van der Waals surface area contributed by atoms with Crippen molar-refractivity contribution in [3.05, 3.63) is 58.1 Å². The van der Waals surface area contributed by atoms with Crippen molar-refractivity contribution in [3.8, 4) is 11.8 Å². The number of hydrogen-bond donors (Lipinski definition) is 2. The second-order valence-electron chi connectivity index (χ2n) is 13.6. The summed E-state index contributed by atoms with van der Waals surface area (Å²) >= 11 is 6.38. The lowest BCUT2D eigenvalue weighted by Crippen LogP contribution is -2.74. The maximum atomic E-state index is 13.4. The van der Waals surface area contributed by atoms with Crippen LogP contribution in [0.5, 0.6) is 5.75 Å². The molecule has 2 aromatic carbocycles. The SMILES string of the molecule is Cc1c(OC2C(C)(C)C(NC(=O)c3ccc(N4CCC(C(=O)N5CCC(O)CC5)CC4)cc3)C2(C)C)ccc(C#N)c1Cl. The smallest absolute Gasteiger partial charge is 0.251 e. The number of nitriles is 1. The molecule has 9 heteroatoms. The molecule has 0 aromatic heterocycles. The molecule has 3 aliphatic rings. The number of hydrogen-bond acceptors (Lipinski definition) is 6. The van der Waals surface area contributed by atoms with Gasteiger partial charge in [-0.3, -0.25) is 9.59 Å². The molecule has 43 heavy (non-hydrogen) atoms. The Morgan fingerprint density at radius 1 is 0.977 bits per heavy atom. The van der Waals surface area contributed by atoms with E-state index in [-0.39, 0.29) is 46.8 Å². The number of carbonyl (C=O) groups is 2. The van der Waals surface area contributed by atoms with Crippen molar-refractivity contribution >= 4 is 29.1 Å². The lowest BCUT2D eigenvalue weighted by Gasteiger charge is -2.63. The maximum Gasteiger partial charge on any atom is 0.251 e. The molecular weight excluding hydrogens is 564 g/mol. The van der Waals surface area contributed by atoms with E-state index >= 15 is 0 Å². The van der Waals surface area contributed by atoms with E-state index in [1.807, 2.05) is 36.1 Å². The van der Waals surface area contributed by atoms with E-state index in [9.17, 15) is 20.0 Å². The third-order valence-electron chi connectivity index (χ3n) is 9.93. The van der Waals surface area contributed by atoms with Crippen LogP contribution in [0.2, 0.25) is 5.02 Å². The van der Waals surface area contributed by atoms with Gasteiger partial charge in [-0.15, -0.1) is 0 Å². The number of ether oxygens (including phenoxy) is 1. The summed E-state index contributed by atoms with van der Waals surface area (Å²) in [5, 5.41) is 22.7. The van der Waals surface area contributed by atoms with E-state index < -0.39 is 0 Å². The highest BCUT2D eigenvalue weighted by Gasteiger charge is 2.64. The van der Waals surface area contributed by atoms with Gasteiger partial charge in [-0.1, -0.05) is 39.3 Å². The number of aliphatic hydroxyl groups excluding tert-OH is 1. The molecule has 5 rings (SSSR count). The summed E-state index contributed by atoms with van der Waals surface area (Å²) < 4.78 is 6.47. The Labute approximate surface area is 259 Å². The number of piperidine rings is 2. The molecule has 2 aromatic rings. The Morgan fingerprint density at radius 3 is 2.16 bits per heavy atom. The van der Waals surface area contributed by atoms with Crippen molar-refractivity contribution in [1.29, 1.82) is 5.26 Å². The van der Waals surface area contributed by atoms with Crippen LogP contribution >= 0.6 is 11.6 Å².